The van der Waals surface area contributed by atoms with Gasteiger partial charge in [-0.2, -0.15) is 0 Å². The number of carbonyl (C=O) groups excluding carboxylic acids is 3. The molecule has 3 amide bonds. The van der Waals surface area contributed by atoms with E-state index < -0.39 is 6.10 Å². The van der Waals surface area contributed by atoms with Crippen LogP contribution in [0.1, 0.15) is 19.4 Å². The van der Waals surface area contributed by atoms with Crippen LogP contribution in [-0.4, -0.2) is 95.7 Å². The number of ether oxygens (including phenoxy) is 2. The molecule has 1 fully saturated rings. The van der Waals surface area contributed by atoms with Crippen LogP contribution in [0.5, 0.6) is 5.75 Å². The van der Waals surface area contributed by atoms with Crippen molar-refractivity contribution in [2.75, 3.05) is 52.2 Å². The second kappa shape index (κ2) is 13.8. The van der Waals surface area contributed by atoms with Gasteiger partial charge in [0.25, 0.3) is 0 Å². The van der Waals surface area contributed by atoms with E-state index in [2.05, 4.69) is 4.98 Å². The van der Waals surface area contributed by atoms with Crippen molar-refractivity contribution in [1.29, 1.82) is 0 Å². The third-order valence-corrected chi connectivity index (χ3v) is 6.88. The Kier molecular flexibility index (Phi) is 10.6. The van der Waals surface area contributed by atoms with Crippen molar-refractivity contribution in [1.82, 2.24) is 19.7 Å². The Morgan fingerprint density at radius 1 is 1.11 bits per heavy atom. The first-order chi connectivity index (χ1) is 17.4. The van der Waals surface area contributed by atoms with E-state index >= 15 is 0 Å². The van der Waals surface area contributed by atoms with Crippen LogP contribution in [0.15, 0.2) is 53.7 Å². The quantitative estimate of drug-likeness (QED) is 0.425. The number of aromatic nitrogens is 1. The summed E-state index contributed by atoms with van der Waals surface area (Å²) in [6.07, 6.45) is 1.19. The van der Waals surface area contributed by atoms with Gasteiger partial charge < -0.3 is 24.2 Å². The van der Waals surface area contributed by atoms with Crippen LogP contribution in [0.25, 0.3) is 0 Å². The fourth-order valence-corrected chi connectivity index (χ4v) is 4.66. The maximum Gasteiger partial charge on any atom is 0.248 e. The number of amides is 3. The average molecular weight is 515 g/mol. The van der Waals surface area contributed by atoms with Gasteiger partial charge in [0.2, 0.25) is 17.7 Å². The zero-order chi connectivity index (χ0) is 25.9. The smallest absolute Gasteiger partial charge is 0.248 e. The van der Waals surface area contributed by atoms with Gasteiger partial charge in [0.15, 0.2) is 0 Å². The summed E-state index contributed by atoms with van der Waals surface area (Å²) in [5, 5.41) is 0.741. The summed E-state index contributed by atoms with van der Waals surface area (Å²) < 4.78 is 11.2. The third-order valence-electron chi connectivity index (χ3n) is 5.95. The number of rotatable bonds is 11. The summed E-state index contributed by atoms with van der Waals surface area (Å²) in [7, 11) is 1.60. The van der Waals surface area contributed by atoms with Crippen molar-refractivity contribution in [3.63, 3.8) is 0 Å². The molecule has 36 heavy (non-hydrogen) atoms. The van der Waals surface area contributed by atoms with Gasteiger partial charge in [-0.1, -0.05) is 30.0 Å². The van der Waals surface area contributed by atoms with Gasteiger partial charge in [-0.3, -0.25) is 14.4 Å². The summed E-state index contributed by atoms with van der Waals surface area (Å²) in [6.45, 7) is 5.79. The molecular weight excluding hydrogens is 480 g/mol. The van der Waals surface area contributed by atoms with Gasteiger partial charge >= 0.3 is 0 Å². The average Bonchev–Trinajstić information content (AvgIpc) is 3.06. The van der Waals surface area contributed by atoms with E-state index in [9.17, 15) is 14.4 Å². The molecule has 1 saturated heterocycles. The summed E-state index contributed by atoms with van der Waals surface area (Å²) in [5.74, 6) is 0.450. The van der Waals surface area contributed by atoms with Crippen molar-refractivity contribution in [2.45, 2.75) is 31.5 Å². The number of hydrogen-bond acceptors (Lipinski definition) is 7. The minimum absolute atomic E-state index is 0.0401. The van der Waals surface area contributed by atoms with E-state index in [-0.39, 0.29) is 49.7 Å². The molecule has 0 saturated carbocycles. The largest absolute Gasteiger partial charge is 0.497 e. The van der Waals surface area contributed by atoms with Crippen LogP contribution in [0, 0.1) is 0 Å². The molecule has 1 atom stereocenters. The van der Waals surface area contributed by atoms with Crippen molar-refractivity contribution in [2.24, 2.45) is 0 Å². The van der Waals surface area contributed by atoms with E-state index in [0.29, 0.717) is 19.6 Å². The van der Waals surface area contributed by atoms with Gasteiger partial charge in [-0.25, -0.2) is 4.98 Å². The maximum absolute atomic E-state index is 13.2. The Bertz CT molecular complexity index is 1000. The molecule has 9 nitrogen and oxygen atoms in total. The first-order valence-electron chi connectivity index (χ1n) is 12.0. The molecule has 10 heteroatoms. The molecule has 1 aliphatic heterocycles. The normalized spacial score (nSPS) is 16.0. The van der Waals surface area contributed by atoms with Gasteiger partial charge in [-0.15, -0.1) is 0 Å². The third kappa shape index (κ3) is 7.96. The van der Waals surface area contributed by atoms with E-state index in [4.69, 9.17) is 9.47 Å². The molecule has 1 aliphatic rings. The van der Waals surface area contributed by atoms with E-state index in [1.54, 1.807) is 23.1 Å². The second-order valence-electron chi connectivity index (χ2n) is 8.35. The molecule has 3 rings (SSSR count). The lowest BCUT2D eigenvalue weighted by Crippen LogP contribution is -2.42. The number of carbonyl (C=O) groups is 3. The Morgan fingerprint density at radius 2 is 1.86 bits per heavy atom. The number of pyridine rings is 1. The zero-order valence-electron chi connectivity index (χ0n) is 21.1. The van der Waals surface area contributed by atoms with Crippen molar-refractivity contribution in [3.8, 4) is 5.75 Å². The molecule has 0 spiro atoms. The minimum Gasteiger partial charge on any atom is -0.497 e. The van der Waals surface area contributed by atoms with Crippen LogP contribution in [-0.2, 0) is 25.7 Å². The lowest BCUT2D eigenvalue weighted by molar-refractivity contribution is -0.139. The Labute approximate surface area is 216 Å². The minimum atomic E-state index is -0.488. The number of nitrogens with zero attached hydrogens (tertiary/aromatic N) is 4. The van der Waals surface area contributed by atoms with Crippen LogP contribution >= 0.6 is 11.8 Å². The lowest BCUT2D eigenvalue weighted by Gasteiger charge is -2.26. The fourth-order valence-electron chi connectivity index (χ4n) is 3.89. The highest BCUT2D eigenvalue weighted by atomic mass is 32.2. The number of likely N-dealkylation sites (N-methyl/N-ethyl adjacent to an activating group) is 1. The second-order valence-corrected chi connectivity index (χ2v) is 9.35. The summed E-state index contributed by atoms with van der Waals surface area (Å²) in [4.78, 5) is 47.9. The van der Waals surface area contributed by atoms with Crippen LogP contribution < -0.4 is 4.74 Å². The molecule has 1 unspecified atom stereocenters. The zero-order valence-corrected chi connectivity index (χ0v) is 21.9. The summed E-state index contributed by atoms with van der Waals surface area (Å²) in [6, 6.07) is 13.0. The van der Waals surface area contributed by atoms with Crippen molar-refractivity contribution < 1.29 is 23.9 Å². The molecular formula is C26H34N4O5S. The highest BCUT2D eigenvalue weighted by Crippen LogP contribution is 2.18. The number of benzene rings is 1. The van der Waals surface area contributed by atoms with Crippen molar-refractivity contribution in [3.05, 3.63) is 54.2 Å². The molecule has 0 radical (unpaired) electrons. The molecule has 0 aliphatic carbocycles. The fraction of sp³-hybridized carbons (Fsp3) is 0.462. The molecule has 1 aromatic carbocycles. The molecule has 2 heterocycles. The van der Waals surface area contributed by atoms with E-state index in [0.717, 1.165) is 16.3 Å². The van der Waals surface area contributed by atoms with Gasteiger partial charge in [0.05, 0.1) is 30.5 Å². The molecule has 194 valence electrons. The van der Waals surface area contributed by atoms with E-state index in [1.807, 2.05) is 56.3 Å². The molecule has 2 aromatic rings. The van der Waals surface area contributed by atoms with Gasteiger partial charge in [-0.05, 0) is 43.7 Å². The SMILES string of the molecule is CCN(CC)C(=O)COC1CN(C(=O)CSc2ccccn2)CC(=O)N(Cc2ccc(OC)cc2)C1. The predicted molar refractivity (Wildman–Crippen MR) is 138 cm³/mol. The number of thioether (sulfide) groups is 1. The molecule has 1 aromatic heterocycles. The number of hydrogen-bond donors (Lipinski definition) is 0. The Balaban J connectivity index is 1.71. The Hall–Kier alpha value is -3.11. The van der Waals surface area contributed by atoms with Crippen molar-refractivity contribution >= 4 is 29.5 Å². The standard InChI is InChI=1S/C26H34N4O5S/c1-4-28(5-2)25(32)18-35-22-15-29(14-20-9-11-21(34-3)12-10-20)24(31)17-30(16-22)26(33)19-36-23-8-6-7-13-27-23/h6-13,22H,4-5,14-19H2,1-3H3. The molecule has 0 N–H and O–H groups in total. The van der Waals surface area contributed by atoms with E-state index in [1.165, 1.54) is 16.7 Å². The Morgan fingerprint density at radius 3 is 2.50 bits per heavy atom. The van der Waals surface area contributed by atoms with Crippen LogP contribution in [0.4, 0.5) is 0 Å². The molecule has 0 bridgehead atoms. The number of methoxy groups -OCH3 is 1. The first-order valence-corrected chi connectivity index (χ1v) is 13.0. The van der Waals surface area contributed by atoms with Crippen LogP contribution in [0.2, 0.25) is 0 Å². The van der Waals surface area contributed by atoms with Crippen LogP contribution in [0.3, 0.4) is 0 Å². The lowest BCUT2D eigenvalue weighted by atomic mass is 10.2. The summed E-state index contributed by atoms with van der Waals surface area (Å²) >= 11 is 1.33. The first kappa shape index (κ1) is 27.5. The predicted octanol–water partition coefficient (Wildman–Crippen LogP) is 2.31. The van der Waals surface area contributed by atoms with Gasteiger partial charge in [0, 0.05) is 38.9 Å². The van der Waals surface area contributed by atoms with Gasteiger partial charge in [0.1, 0.15) is 12.4 Å². The monoisotopic (exact) mass is 514 g/mol. The highest BCUT2D eigenvalue weighted by molar-refractivity contribution is 7.99. The summed E-state index contributed by atoms with van der Waals surface area (Å²) in [5.41, 5.74) is 0.938. The maximum atomic E-state index is 13.2. The topological polar surface area (TPSA) is 92.3 Å². The highest BCUT2D eigenvalue weighted by Gasteiger charge is 2.31.